The summed E-state index contributed by atoms with van der Waals surface area (Å²) in [4.78, 5) is 68.4. The molecule has 5 heterocycles. The van der Waals surface area contributed by atoms with Crippen molar-refractivity contribution in [1.82, 2.24) is 30.7 Å². The number of nitrogens with zero attached hydrogens (tertiary/aromatic N) is 5. The summed E-state index contributed by atoms with van der Waals surface area (Å²) in [6.45, 7) is 8.87. The molecule has 19 heteroatoms. The molecule has 62 heavy (non-hydrogen) atoms. The number of hydroxylamine groups is 3. The van der Waals surface area contributed by atoms with Crippen LogP contribution in [0.15, 0.2) is 47.5 Å². The Kier molecular flexibility index (Phi) is 14.3. The van der Waals surface area contributed by atoms with Crippen LogP contribution in [-0.4, -0.2) is 120 Å². The van der Waals surface area contributed by atoms with Crippen LogP contribution < -0.4 is 20.7 Å². The summed E-state index contributed by atoms with van der Waals surface area (Å²) in [5, 5.41) is 31.0. The molecule has 18 nitrogen and oxygen atoms in total. The van der Waals surface area contributed by atoms with Crippen LogP contribution in [0, 0.1) is 26.0 Å². The van der Waals surface area contributed by atoms with Crippen molar-refractivity contribution in [1.29, 1.82) is 0 Å². The van der Waals surface area contributed by atoms with E-state index in [0.29, 0.717) is 82.6 Å². The molecular formula is C43H50N8O10S. The number of aryl methyl sites for hydroxylation is 2. The third-order valence-corrected chi connectivity index (χ3v) is 12.1. The highest BCUT2D eigenvalue weighted by Crippen LogP contribution is 2.39. The molecule has 1 fully saturated rings. The second kappa shape index (κ2) is 20.0. The van der Waals surface area contributed by atoms with Crippen LogP contribution >= 0.6 is 11.3 Å². The van der Waals surface area contributed by atoms with Crippen LogP contribution in [0.25, 0.3) is 5.00 Å². The van der Waals surface area contributed by atoms with Gasteiger partial charge in [0.25, 0.3) is 17.7 Å². The number of nitrogens with one attached hydrogen (secondary N) is 3. The zero-order chi connectivity index (χ0) is 43.8. The Labute approximate surface area is 362 Å². The van der Waals surface area contributed by atoms with E-state index >= 15 is 0 Å². The second-order valence-corrected chi connectivity index (χ2v) is 16.2. The van der Waals surface area contributed by atoms with Gasteiger partial charge in [-0.15, -0.1) is 21.5 Å². The van der Waals surface area contributed by atoms with Gasteiger partial charge in [0.05, 0.1) is 48.1 Å². The number of imide groups is 1. The van der Waals surface area contributed by atoms with Crippen molar-refractivity contribution in [3.8, 4) is 10.8 Å². The zero-order valence-corrected chi connectivity index (χ0v) is 35.8. The van der Waals surface area contributed by atoms with Crippen molar-refractivity contribution >= 4 is 46.6 Å². The summed E-state index contributed by atoms with van der Waals surface area (Å²) in [5.41, 5.74) is 5.25. The standard InChI is InChI=1S/C43H50N8O10S/c1-26-9-11-29(12-10-26)38-37-27(2)39(62-42(37)50-28(3)48-49-34(50)23-46-38)41(55)45-16-6-18-59-20-22-60-21-19-58-17-5-15-44-36(53)25-61-33-8-4-7-30-31(33)24-51(57,43(30)56)32-13-14-35(52)47-40(32)54/h4,7-12,32H,5-6,13-25H2,1-3H3,(H,44,53)(H,45,55)(H,47,52,54). The molecular weight excluding hydrogens is 821 g/mol. The number of quaternary nitrogens is 1. The van der Waals surface area contributed by atoms with E-state index in [9.17, 15) is 29.2 Å². The number of benzene rings is 2. The van der Waals surface area contributed by atoms with Gasteiger partial charge in [0.2, 0.25) is 5.91 Å². The van der Waals surface area contributed by atoms with Crippen molar-refractivity contribution in [2.75, 3.05) is 59.3 Å². The van der Waals surface area contributed by atoms with Crippen LogP contribution in [0.5, 0.6) is 5.75 Å². The Morgan fingerprint density at radius 1 is 0.919 bits per heavy atom. The fraction of sp³-hybridized carbons (Fsp3) is 0.442. The molecule has 3 aliphatic rings. The minimum Gasteiger partial charge on any atom is -0.624 e. The summed E-state index contributed by atoms with van der Waals surface area (Å²) in [6.07, 6.45) is 1.15. The largest absolute Gasteiger partial charge is 0.624 e. The number of thiophene rings is 1. The molecule has 2 aromatic carbocycles. The number of rotatable bonds is 20. The number of aromatic nitrogens is 3. The molecule has 0 spiro atoms. The second-order valence-electron chi connectivity index (χ2n) is 15.2. The van der Waals surface area contributed by atoms with Gasteiger partial charge < -0.3 is 34.8 Å². The number of hydrogen-bond acceptors (Lipinski definition) is 14. The first kappa shape index (κ1) is 44.4. The molecule has 4 aromatic rings. The summed E-state index contributed by atoms with van der Waals surface area (Å²) in [5.74, 6) is -0.847. The molecule has 3 aliphatic heterocycles. The van der Waals surface area contributed by atoms with Crippen molar-refractivity contribution in [3.05, 3.63) is 97.6 Å². The van der Waals surface area contributed by atoms with Crippen molar-refractivity contribution < 1.29 is 47.6 Å². The molecule has 0 saturated carbocycles. The number of ether oxygens (including phenoxy) is 4. The van der Waals surface area contributed by atoms with Gasteiger partial charge in [0.1, 0.15) is 29.7 Å². The lowest BCUT2D eigenvalue weighted by atomic mass is 9.99. The van der Waals surface area contributed by atoms with Gasteiger partial charge in [0, 0.05) is 50.3 Å². The fourth-order valence-corrected chi connectivity index (χ4v) is 8.90. The van der Waals surface area contributed by atoms with Crippen LogP contribution in [-0.2, 0) is 41.7 Å². The maximum atomic E-state index is 13.6. The maximum absolute atomic E-state index is 13.6. The first-order valence-corrected chi connectivity index (χ1v) is 21.4. The first-order chi connectivity index (χ1) is 30.0. The SMILES string of the molecule is Cc1ccc(C2=NCc3nnc(C)n3-c3sc(C(=O)NCCCOCCOCCOCCCNC(=O)COc4cccc5c4C[N+]([O-])(C4CCC(=O)NC4=O)C5=O)c(C)c32)cc1. The average molecular weight is 871 g/mol. The lowest BCUT2D eigenvalue weighted by Gasteiger charge is -2.42. The number of piperidine rings is 1. The summed E-state index contributed by atoms with van der Waals surface area (Å²) >= 11 is 1.42. The normalized spacial score (nSPS) is 18.0. The molecule has 2 aromatic heterocycles. The number of hydrogen-bond donors (Lipinski definition) is 3. The Bertz CT molecular complexity index is 2360. The molecule has 2 atom stereocenters. The molecule has 7 rings (SSSR count). The Morgan fingerprint density at radius 3 is 2.32 bits per heavy atom. The van der Waals surface area contributed by atoms with E-state index in [0.717, 1.165) is 44.6 Å². The highest BCUT2D eigenvalue weighted by atomic mass is 32.1. The third-order valence-electron chi connectivity index (χ3n) is 10.8. The van der Waals surface area contributed by atoms with Gasteiger partial charge in [-0.05, 0) is 51.3 Å². The number of carbonyl (C=O) groups is 5. The molecule has 0 radical (unpaired) electrons. The fourth-order valence-electron chi connectivity index (χ4n) is 7.60. The van der Waals surface area contributed by atoms with Crippen molar-refractivity contribution in [3.63, 3.8) is 0 Å². The van der Waals surface area contributed by atoms with E-state index in [1.165, 1.54) is 17.4 Å². The van der Waals surface area contributed by atoms with Crippen molar-refractivity contribution in [2.24, 2.45) is 4.99 Å². The Balaban J connectivity index is 0.729. The van der Waals surface area contributed by atoms with Gasteiger partial charge in [0.15, 0.2) is 18.5 Å². The van der Waals surface area contributed by atoms with Crippen molar-refractivity contribution in [2.45, 2.75) is 65.6 Å². The predicted octanol–water partition coefficient (Wildman–Crippen LogP) is 3.13. The summed E-state index contributed by atoms with van der Waals surface area (Å²) in [7, 11) is 0. The van der Waals surface area contributed by atoms with Crippen LogP contribution in [0.2, 0.25) is 0 Å². The molecule has 1 saturated heterocycles. The van der Waals surface area contributed by atoms with Crippen LogP contribution in [0.3, 0.4) is 0 Å². The van der Waals surface area contributed by atoms with Crippen LogP contribution in [0.4, 0.5) is 0 Å². The maximum Gasteiger partial charge on any atom is 0.347 e. The number of carbonyl (C=O) groups excluding carboxylic acids is 5. The molecule has 328 valence electrons. The molecule has 2 unspecified atom stereocenters. The average Bonchev–Trinajstić information content (AvgIpc) is 3.84. The number of fused-ring (bicyclic) bond motifs is 4. The highest BCUT2D eigenvalue weighted by molar-refractivity contribution is 7.17. The van der Waals surface area contributed by atoms with Gasteiger partial charge in [-0.2, -0.15) is 0 Å². The minimum atomic E-state index is -1.43. The Morgan fingerprint density at radius 2 is 1.61 bits per heavy atom. The smallest absolute Gasteiger partial charge is 0.347 e. The number of amides is 5. The van der Waals surface area contributed by atoms with Gasteiger partial charge in [-0.3, -0.25) is 38.7 Å². The predicted molar refractivity (Wildman–Crippen MR) is 226 cm³/mol. The lowest BCUT2D eigenvalue weighted by molar-refractivity contribution is -0.825. The van der Waals surface area contributed by atoms with E-state index in [1.54, 1.807) is 12.1 Å². The lowest BCUT2D eigenvalue weighted by Crippen LogP contribution is -2.60. The topological polar surface area (TPSA) is 224 Å². The van der Waals surface area contributed by atoms with E-state index in [2.05, 4.69) is 50.4 Å². The number of aliphatic imine (C=N–C) groups is 1. The summed E-state index contributed by atoms with van der Waals surface area (Å²) < 4.78 is 23.1. The van der Waals surface area contributed by atoms with Crippen LogP contribution in [0.1, 0.15) is 85.2 Å². The molecule has 0 aliphatic carbocycles. The zero-order valence-electron chi connectivity index (χ0n) is 35.0. The third kappa shape index (κ3) is 9.83. The van der Waals surface area contributed by atoms with E-state index in [1.807, 2.05) is 25.3 Å². The minimum absolute atomic E-state index is 0.0199. The van der Waals surface area contributed by atoms with Gasteiger partial charge in [-0.1, -0.05) is 35.9 Å². The van der Waals surface area contributed by atoms with E-state index in [4.69, 9.17) is 23.9 Å². The first-order valence-electron chi connectivity index (χ1n) is 20.6. The summed E-state index contributed by atoms with van der Waals surface area (Å²) in [6, 6.07) is 11.6. The Hall–Kier alpha value is -5.70. The molecule has 3 N–H and O–H groups in total. The van der Waals surface area contributed by atoms with E-state index in [-0.39, 0.29) is 49.1 Å². The molecule has 5 amide bonds. The highest BCUT2D eigenvalue weighted by Gasteiger charge is 2.50. The molecule has 0 bridgehead atoms. The van der Waals surface area contributed by atoms with Gasteiger partial charge >= 0.3 is 5.91 Å². The van der Waals surface area contributed by atoms with Gasteiger partial charge in [-0.25, -0.2) is 4.79 Å². The van der Waals surface area contributed by atoms with E-state index < -0.39 is 28.4 Å². The quantitative estimate of drug-likeness (QED) is 0.0505. The monoisotopic (exact) mass is 870 g/mol.